The van der Waals surface area contributed by atoms with Gasteiger partial charge in [0.1, 0.15) is 17.2 Å². The van der Waals surface area contributed by atoms with E-state index in [-0.39, 0.29) is 24.2 Å². The number of aromatic nitrogens is 2. The molecule has 9 heteroatoms. The lowest BCUT2D eigenvalue weighted by molar-refractivity contribution is -0.137. The standard InChI is InChI=1S/C28H29N5O4/c1-15-12-19-10-11-29-14-21(19)28(30-15)31-20-8-6-18(7-9-20)22(13-23(34)35)32-24-25(27(37)26(24)36)33-16(2)4-5-17(33)3/h6-12,14,16-17,22,32H,4-5,13H2,1-3H3,(H,30,31)(H,34,35). The van der Waals surface area contributed by atoms with E-state index in [4.69, 9.17) is 0 Å². The summed E-state index contributed by atoms with van der Waals surface area (Å²) in [6.45, 7) is 6.00. The molecule has 4 aromatic rings. The highest BCUT2D eigenvalue weighted by molar-refractivity contribution is 5.93. The fourth-order valence-corrected chi connectivity index (χ4v) is 5.25. The Morgan fingerprint density at radius 1 is 1.11 bits per heavy atom. The molecule has 0 saturated carbocycles. The van der Waals surface area contributed by atoms with Gasteiger partial charge in [-0.15, -0.1) is 0 Å². The first-order valence-corrected chi connectivity index (χ1v) is 12.4. The molecule has 3 heterocycles. The first kappa shape index (κ1) is 24.4. The number of carbonyl (C=O) groups is 1. The average Bonchev–Trinajstić information content (AvgIpc) is 3.20. The number of benzene rings is 1. The predicted molar refractivity (Wildman–Crippen MR) is 145 cm³/mol. The van der Waals surface area contributed by atoms with Crippen molar-refractivity contribution in [2.24, 2.45) is 0 Å². The molecule has 1 aliphatic heterocycles. The number of anilines is 4. The molecule has 0 bridgehead atoms. The summed E-state index contributed by atoms with van der Waals surface area (Å²) in [6, 6.07) is 10.8. The van der Waals surface area contributed by atoms with Crippen LogP contribution in [0.15, 0.2) is 58.4 Å². The van der Waals surface area contributed by atoms with E-state index in [2.05, 4.69) is 20.6 Å². The molecule has 0 spiro atoms. The number of rotatable bonds is 8. The second-order valence-electron chi connectivity index (χ2n) is 9.82. The van der Waals surface area contributed by atoms with E-state index in [9.17, 15) is 19.5 Å². The van der Waals surface area contributed by atoms with E-state index in [0.29, 0.717) is 17.1 Å². The van der Waals surface area contributed by atoms with Crippen molar-refractivity contribution >= 4 is 39.6 Å². The van der Waals surface area contributed by atoms with Gasteiger partial charge in [0, 0.05) is 41.2 Å². The van der Waals surface area contributed by atoms with Gasteiger partial charge in [0.25, 0.3) is 10.9 Å². The topological polar surface area (TPSA) is 125 Å². The number of pyridine rings is 2. The van der Waals surface area contributed by atoms with Crippen molar-refractivity contribution in [1.82, 2.24) is 9.97 Å². The molecule has 0 amide bonds. The van der Waals surface area contributed by atoms with Crippen LogP contribution in [0.2, 0.25) is 0 Å². The zero-order chi connectivity index (χ0) is 26.3. The molecular weight excluding hydrogens is 470 g/mol. The molecule has 2 aromatic heterocycles. The van der Waals surface area contributed by atoms with E-state index >= 15 is 0 Å². The maximum Gasteiger partial charge on any atom is 0.305 e. The minimum atomic E-state index is -1.01. The van der Waals surface area contributed by atoms with E-state index in [0.717, 1.165) is 35.0 Å². The van der Waals surface area contributed by atoms with Gasteiger partial charge < -0.3 is 20.6 Å². The summed E-state index contributed by atoms with van der Waals surface area (Å²) in [7, 11) is 0. The summed E-state index contributed by atoms with van der Waals surface area (Å²) in [5.41, 5.74) is 1.82. The van der Waals surface area contributed by atoms with Crippen LogP contribution in [0.3, 0.4) is 0 Å². The van der Waals surface area contributed by atoms with E-state index in [1.165, 1.54) is 0 Å². The molecule has 37 heavy (non-hydrogen) atoms. The van der Waals surface area contributed by atoms with Crippen molar-refractivity contribution in [2.75, 3.05) is 15.5 Å². The van der Waals surface area contributed by atoms with Crippen LogP contribution in [0, 0.1) is 6.92 Å². The third-order valence-electron chi connectivity index (χ3n) is 7.13. The van der Waals surface area contributed by atoms with Gasteiger partial charge in [0.2, 0.25) is 0 Å². The lowest BCUT2D eigenvalue weighted by atomic mass is 10.0. The largest absolute Gasteiger partial charge is 0.481 e. The highest BCUT2D eigenvalue weighted by atomic mass is 16.4. The Morgan fingerprint density at radius 3 is 2.49 bits per heavy atom. The summed E-state index contributed by atoms with van der Waals surface area (Å²) in [5.74, 6) is -0.330. The van der Waals surface area contributed by atoms with Crippen LogP contribution in [0.1, 0.15) is 50.4 Å². The summed E-state index contributed by atoms with van der Waals surface area (Å²) in [5, 5.41) is 17.9. The minimum absolute atomic E-state index is 0.142. The number of nitrogens with zero attached hydrogens (tertiary/aromatic N) is 3. The van der Waals surface area contributed by atoms with Crippen LogP contribution in [0.4, 0.5) is 22.9 Å². The van der Waals surface area contributed by atoms with Crippen molar-refractivity contribution in [1.29, 1.82) is 0 Å². The molecule has 3 unspecified atom stereocenters. The molecule has 190 valence electrons. The normalized spacial score (nSPS) is 18.3. The van der Waals surface area contributed by atoms with Crippen LogP contribution in [0.5, 0.6) is 0 Å². The summed E-state index contributed by atoms with van der Waals surface area (Å²) >= 11 is 0. The third-order valence-corrected chi connectivity index (χ3v) is 7.13. The van der Waals surface area contributed by atoms with Gasteiger partial charge >= 0.3 is 5.97 Å². The molecule has 3 N–H and O–H groups in total. The Hall–Kier alpha value is -4.27. The smallest absolute Gasteiger partial charge is 0.305 e. The third kappa shape index (κ3) is 4.64. The van der Waals surface area contributed by atoms with E-state index in [1.807, 2.05) is 62.1 Å². The van der Waals surface area contributed by atoms with Crippen LogP contribution in [0.25, 0.3) is 10.8 Å². The fourth-order valence-electron chi connectivity index (χ4n) is 5.25. The lowest BCUT2D eigenvalue weighted by Gasteiger charge is -2.32. The number of carboxylic acid groups (broad SMARTS) is 1. The fraction of sp³-hybridized carbons (Fsp3) is 0.321. The first-order valence-electron chi connectivity index (χ1n) is 12.4. The number of hydrogen-bond donors (Lipinski definition) is 3. The van der Waals surface area contributed by atoms with E-state index in [1.54, 1.807) is 12.4 Å². The van der Waals surface area contributed by atoms with Gasteiger partial charge in [-0.25, -0.2) is 4.98 Å². The molecule has 5 rings (SSSR count). The highest BCUT2D eigenvalue weighted by Crippen LogP contribution is 2.35. The Labute approximate surface area is 213 Å². The summed E-state index contributed by atoms with van der Waals surface area (Å²) in [6.07, 6.45) is 5.13. The average molecular weight is 500 g/mol. The van der Waals surface area contributed by atoms with Crippen LogP contribution >= 0.6 is 0 Å². The second kappa shape index (κ2) is 9.65. The molecule has 1 aliphatic rings. The number of aryl methyl sites for hydroxylation is 1. The predicted octanol–water partition coefficient (Wildman–Crippen LogP) is 4.28. The maximum atomic E-state index is 12.5. The number of fused-ring (bicyclic) bond motifs is 1. The Bertz CT molecular complexity index is 1530. The number of carboxylic acids is 1. The molecule has 2 aromatic carbocycles. The zero-order valence-corrected chi connectivity index (χ0v) is 21.0. The number of nitrogens with one attached hydrogen (secondary N) is 2. The second-order valence-corrected chi connectivity index (χ2v) is 9.82. The van der Waals surface area contributed by atoms with Crippen LogP contribution < -0.4 is 26.4 Å². The number of aliphatic carboxylic acids is 1. The summed E-state index contributed by atoms with van der Waals surface area (Å²) < 4.78 is 0. The number of hydrogen-bond acceptors (Lipinski definition) is 8. The van der Waals surface area contributed by atoms with Gasteiger partial charge in [-0.05, 0) is 68.8 Å². The zero-order valence-electron chi connectivity index (χ0n) is 21.0. The van der Waals surface area contributed by atoms with Crippen LogP contribution in [-0.2, 0) is 4.79 Å². The Kier molecular flexibility index (Phi) is 6.37. The molecule has 0 radical (unpaired) electrons. The van der Waals surface area contributed by atoms with Crippen molar-refractivity contribution in [3.8, 4) is 0 Å². The molecule has 1 saturated heterocycles. The molecular formula is C28H29N5O4. The highest BCUT2D eigenvalue weighted by Gasteiger charge is 2.36. The Balaban J connectivity index is 1.41. The molecule has 9 nitrogen and oxygen atoms in total. The first-order chi connectivity index (χ1) is 17.7. The summed E-state index contributed by atoms with van der Waals surface area (Å²) in [4.78, 5) is 47.5. The maximum absolute atomic E-state index is 12.5. The SMILES string of the molecule is Cc1cc2ccncc2c(Nc2ccc(C(CC(=O)O)Nc3c(N4C(C)CCC4C)c(=O)c3=O)cc2)n1. The monoisotopic (exact) mass is 499 g/mol. The van der Waals surface area contributed by atoms with Gasteiger partial charge in [0.05, 0.1) is 12.5 Å². The van der Waals surface area contributed by atoms with Crippen molar-refractivity contribution in [2.45, 2.75) is 58.2 Å². The van der Waals surface area contributed by atoms with Gasteiger partial charge in [-0.2, -0.15) is 0 Å². The van der Waals surface area contributed by atoms with Crippen molar-refractivity contribution in [3.05, 3.63) is 80.5 Å². The molecule has 0 aliphatic carbocycles. The van der Waals surface area contributed by atoms with Gasteiger partial charge in [-0.3, -0.25) is 19.4 Å². The van der Waals surface area contributed by atoms with Crippen molar-refractivity contribution in [3.63, 3.8) is 0 Å². The lowest BCUT2D eigenvalue weighted by Crippen LogP contribution is -2.46. The van der Waals surface area contributed by atoms with Crippen molar-refractivity contribution < 1.29 is 9.90 Å². The quantitative estimate of drug-likeness (QED) is 0.305. The van der Waals surface area contributed by atoms with Gasteiger partial charge in [-0.1, -0.05) is 12.1 Å². The minimum Gasteiger partial charge on any atom is -0.481 e. The Morgan fingerprint density at radius 2 is 1.81 bits per heavy atom. The van der Waals surface area contributed by atoms with Crippen LogP contribution in [-0.4, -0.2) is 33.1 Å². The van der Waals surface area contributed by atoms with Gasteiger partial charge in [0.15, 0.2) is 0 Å². The molecule has 1 fully saturated rings. The molecule has 3 atom stereocenters. The van der Waals surface area contributed by atoms with E-state index < -0.39 is 22.9 Å².